The Bertz CT molecular complexity index is 1490. The fraction of sp³-hybridized carbons (Fsp3) is 0.194. The van der Waals surface area contributed by atoms with Crippen LogP contribution in [0.5, 0.6) is 0 Å². The van der Waals surface area contributed by atoms with Gasteiger partial charge in [0.25, 0.3) is 0 Å². The smallest absolute Gasteiger partial charge is 0.138 e. The highest BCUT2D eigenvalue weighted by Crippen LogP contribution is 2.36. The van der Waals surface area contributed by atoms with E-state index in [4.69, 9.17) is 4.98 Å². The molecule has 5 aromatic rings. The lowest BCUT2D eigenvalue weighted by atomic mass is 9.98. The molecule has 3 heterocycles. The Morgan fingerprint density at radius 2 is 1.56 bits per heavy atom. The van der Waals surface area contributed by atoms with E-state index in [-0.39, 0.29) is 18.2 Å². The maximum absolute atomic E-state index is 13.5. The van der Waals surface area contributed by atoms with Crippen molar-refractivity contribution in [3.63, 3.8) is 0 Å². The molecule has 2 aromatic heterocycles. The van der Waals surface area contributed by atoms with Gasteiger partial charge in [0.05, 0.1) is 5.52 Å². The largest absolute Gasteiger partial charge is 0.351 e. The molecule has 5 heteroatoms. The number of pyridine rings is 1. The molecule has 182 valence electrons. The van der Waals surface area contributed by atoms with Crippen LogP contribution in [0, 0.1) is 12.7 Å². The zero-order chi connectivity index (χ0) is 23.8. The molecule has 0 saturated heterocycles. The minimum absolute atomic E-state index is 0. The van der Waals surface area contributed by atoms with Gasteiger partial charge in [-0.15, -0.1) is 12.4 Å². The molecule has 0 radical (unpaired) electrons. The van der Waals surface area contributed by atoms with Crippen molar-refractivity contribution in [3.05, 3.63) is 130 Å². The predicted octanol–water partition coefficient (Wildman–Crippen LogP) is 7.11. The van der Waals surface area contributed by atoms with Crippen molar-refractivity contribution in [1.29, 1.82) is 0 Å². The van der Waals surface area contributed by atoms with Crippen molar-refractivity contribution in [1.82, 2.24) is 9.55 Å². The summed E-state index contributed by atoms with van der Waals surface area (Å²) < 4.78 is 15.9. The van der Waals surface area contributed by atoms with Crippen LogP contribution in [0.3, 0.4) is 0 Å². The molecule has 6 rings (SSSR count). The van der Waals surface area contributed by atoms with Gasteiger partial charge in [0.1, 0.15) is 11.6 Å². The molecule has 3 nitrogen and oxygen atoms in total. The quantitative estimate of drug-likeness (QED) is 0.258. The van der Waals surface area contributed by atoms with Crippen molar-refractivity contribution < 1.29 is 4.39 Å². The van der Waals surface area contributed by atoms with Gasteiger partial charge in [0.15, 0.2) is 0 Å². The highest BCUT2D eigenvalue weighted by atomic mass is 35.5. The molecular formula is C31H29ClFN3. The number of benzene rings is 3. The van der Waals surface area contributed by atoms with E-state index in [0.29, 0.717) is 6.54 Å². The summed E-state index contributed by atoms with van der Waals surface area (Å²) in [6, 6.07) is 28.3. The van der Waals surface area contributed by atoms with Crippen molar-refractivity contribution >= 4 is 29.1 Å². The molecule has 0 saturated carbocycles. The molecule has 0 atom stereocenters. The molecule has 1 aliphatic heterocycles. The Labute approximate surface area is 217 Å². The van der Waals surface area contributed by atoms with Gasteiger partial charge in [-0.2, -0.15) is 0 Å². The lowest BCUT2D eigenvalue weighted by Gasteiger charge is -2.30. The van der Waals surface area contributed by atoms with Gasteiger partial charge in [-0.25, -0.2) is 9.37 Å². The standard InChI is InChI=1S/C31H28FN3.ClH/c1-22-28(19-23-7-3-2-4-8-23)30-29(35(22)20-24-11-13-27(32)14-12-24)15-17-33-31(30)34-18-16-25-9-5-6-10-26(25)21-34;/h2-15,17H,16,18-21H2,1H3;1H. The van der Waals surface area contributed by atoms with E-state index >= 15 is 0 Å². The molecule has 0 N–H and O–H groups in total. The molecule has 0 bridgehead atoms. The number of aromatic nitrogens is 2. The number of halogens is 2. The van der Waals surface area contributed by atoms with E-state index in [1.807, 2.05) is 18.3 Å². The Morgan fingerprint density at radius 1 is 0.833 bits per heavy atom. The Balaban J connectivity index is 0.00000267. The molecule has 0 aliphatic carbocycles. The number of rotatable bonds is 5. The maximum atomic E-state index is 13.5. The van der Waals surface area contributed by atoms with E-state index in [1.54, 1.807) is 12.1 Å². The summed E-state index contributed by atoms with van der Waals surface area (Å²) in [4.78, 5) is 7.37. The third kappa shape index (κ3) is 4.49. The first kappa shape index (κ1) is 24.1. The SMILES string of the molecule is Cc1c(Cc2ccccc2)c2c(N3CCc4ccccc4C3)nccc2n1Cc1ccc(F)cc1.Cl. The first-order valence-corrected chi connectivity index (χ1v) is 12.2. The van der Waals surface area contributed by atoms with Crippen LogP contribution in [0.15, 0.2) is 91.1 Å². The van der Waals surface area contributed by atoms with Gasteiger partial charge in [0.2, 0.25) is 0 Å². The van der Waals surface area contributed by atoms with Crippen LogP contribution in [0.1, 0.15) is 33.5 Å². The molecule has 0 unspecified atom stereocenters. The number of hydrogen-bond donors (Lipinski definition) is 0. The van der Waals surface area contributed by atoms with Gasteiger partial charge < -0.3 is 9.47 Å². The summed E-state index contributed by atoms with van der Waals surface area (Å²) in [5.41, 5.74) is 8.92. The number of fused-ring (bicyclic) bond motifs is 2. The van der Waals surface area contributed by atoms with Crippen LogP contribution < -0.4 is 4.90 Å². The van der Waals surface area contributed by atoms with E-state index in [0.717, 1.165) is 37.3 Å². The zero-order valence-corrected chi connectivity index (χ0v) is 21.1. The zero-order valence-electron chi connectivity index (χ0n) is 20.3. The van der Waals surface area contributed by atoms with E-state index in [1.165, 1.54) is 38.9 Å². The second kappa shape index (κ2) is 10.2. The normalized spacial score (nSPS) is 12.9. The number of hydrogen-bond acceptors (Lipinski definition) is 2. The van der Waals surface area contributed by atoms with Crippen LogP contribution in [0.4, 0.5) is 10.2 Å². The second-order valence-electron chi connectivity index (χ2n) is 9.41. The Morgan fingerprint density at radius 3 is 2.33 bits per heavy atom. The molecule has 0 fully saturated rings. The average molecular weight is 498 g/mol. The summed E-state index contributed by atoms with van der Waals surface area (Å²) in [5.74, 6) is 0.855. The Kier molecular flexibility index (Phi) is 6.80. The molecule has 36 heavy (non-hydrogen) atoms. The van der Waals surface area contributed by atoms with Crippen molar-refractivity contribution in [2.75, 3.05) is 11.4 Å². The first-order valence-electron chi connectivity index (χ1n) is 12.2. The van der Waals surface area contributed by atoms with Gasteiger partial charge >= 0.3 is 0 Å². The van der Waals surface area contributed by atoms with Crippen LogP contribution >= 0.6 is 12.4 Å². The minimum Gasteiger partial charge on any atom is -0.351 e. The van der Waals surface area contributed by atoms with Gasteiger partial charge in [0, 0.05) is 36.9 Å². The monoisotopic (exact) mass is 497 g/mol. The molecule has 0 amide bonds. The summed E-state index contributed by atoms with van der Waals surface area (Å²) in [7, 11) is 0. The predicted molar refractivity (Wildman–Crippen MR) is 148 cm³/mol. The van der Waals surface area contributed by atoms with Crippen LogP contribution in [-0.4, -0.2) is 16.1 Å². The van der Waals surface area contributed by atoms with Crippen LogP contribution in [0.25, 0.3) is 10.9 Å². The average Bonchev–Trinajstić information content (AvgIpc) is 3.16. The van der Waals surface area contributed by atoms with Crippen molar-refractivity contribution in [2.45, 2.75) is 32.9 Å². The summed E-state index contributed by atoms with van der Waals surface area (Å²) in [6.45, 7) is 4.73. The minimum atomic E-state index is -0.204. The Hall–Kier alpha value is -3.63. The number of anilines is 1. The molecule has 0 spiro atoms. The third-order valence-electron chi connectivity index (χ3n) is 7.25. The van der Waals surface area contributed by atoms with E-state index in [2.05, 4.69) is 77.1 Å². The fourth-order valence-electron chi connectivity index (χ4n) is 5.39. The van der Waals surface area contributed by atoms with Crippen LogP contribution in [0.2, 0.25) is 0 Å². The van der Waals surface area contributed by atoms with Crippen molar-refractivity contribution in [3.8, 4) is 0 Å². The van der Waals surface area contributed by atoms with Gasteiger partial charge in [-0.3, -0.25) is 0 Å². The topological polar surface area (TPSA) is 21.1 Å². The molecule has 1 aliphatic rings. The highest BCUT2D eigenvalue weighted by Gasteiger charge is 2.24. The third-order valence-corrected chi connectivity index (χ3v) is 7.25. The summed E-state index contributed by atoms with van der Waals surface area (Å²) in [6.07, 6.45) is 3.81. The van der Waals surface area contributed by atoms with E-state index in [9.17, 15) is 4.39 Å². The first-order chi connectivity index (χ1) is 17.2. The molecule has 3 aromatic carbocycles. The van der Waals surface area contributed by atoms with Gasteiger partial charge in [-0.05, 0) is 65.8 Å². The van der Waals surface area contributed by atoms with E-state index < -0.39 is 0 Å². The fourth-order valence-corrected chi connectivity index (χ4v) is 5.39. The second-order valence-corrected chi connectivity index (χ2v) is 9.41. The van der Waals surface area contributed by atoms with Gasteiger partial charge in [-0.1, -0.05) is 66.7 Å². The lowest BCUT2D eigenvalue weighted by molar-refractivity contribution is 0.626. The maximum Gasteiger partial charge on any atom is 0.138 e. The highest BCUT2D eigenvalue weighted by molar-refractivity contribution is 5.95. The van der Waals surface area contributed by atoms with Crippen LogP contribution in [-0.2, 0) is 25.9 Å². The summed E-state index contributed by atoms with van der Waals surface area (Å²) in [5, 5.41) is 1.23. The van der Waals surface area contributed by atoms with Crippen molar-refractivity contribution in [2.24, 2.45) is 0 Å². The number of nitrogens with zero attached hydrogens (tertiary/aromatic N) is 3. The summed E-state index contributed by atoms with van der Waals surface area (Å²) >= 11 is 0. The lowest BCUT2D eigenvalue weighted by Crippen LogP contribution is -2.31. The molecular weight excluding hydrogens is 469 g/mol.